The highest BCUT2D eigenvalue weighted by Gasteiger charge is 2.25. The first-order valence-corrected chi connectivity index (χ1v) is 4.50. The van der Waals surface area contributed by atoms with Crippen molar-refractivity contribution in [2.75, 3.05) is 11.9 Å². The highest BCUT2D eigenvalue weighted by atomic mass is 15.2. The Bertz CT molecular complexity index is 351. The van der Waals surface area contributed by atoms with E-state index in [4.69, 9.17) is 5.26 Å². The maximum absolute atomic E-state index is 8.65. The number of para-hydroxylation sites is 1. The van der Waals surface area contributed by atoms with Gasteiger partial charge in [-0.2, -0.15) is 5.26 Å². The van der Waals surface area contributed by atoms with Crippen molar-refractivity contribution >= 4 is 5.69 Å². The number of rotatable bonds is 1. The van der Waals surface area contributed by atoms with E-state index in [-0.39, 0.29) is 0 Å². The summed E-state index contributed by atoms with van der Waals surface area (Å²) >= 11 is 0. The molecule has 2 rings (SSSR count). The van der Waals surface area contributed by atoms with Crippen molar-refractivity contribution in [3.8, 4) is 6.07 Å². The van der Waals surface area contributed by atoms with E-state index in [9.17, 15) is 0 Å². The third kappa shape index (κ3) is 1.27. The van der Waals surface area contributed by atoms with Crippen molar-refractivity contribution in [2.24, 2.45) is 0 Å². The Kier molecular flexibility index (Phi) is 1.94. The Labute approximate surface area is 78.4 Å². The summed E-state index contributed by atoms with van der Waals surface area (Å²) in [7, 11) is 2.06. The predicted octanol–water partition coefficient (Wildman–Crippen LogP) is 1.96. The van der Waals surface area contributed by atoms with Crippen LogP contribution in [0.25, 0.3) is 0 Å². The van der Waals surface area contributed by atoms with Gasteiger partial charge in [0.2, 0.25) is 0 Å². The maximum Gasteiger partial charge on any atom is 0.0643 e. The van der Waals surface area contributed by atoms with E-state index in [1.807, 2.05) is 6.07 Å². The first-order valence-electron chi connectivity index (χ1n) is 4.50. The van der Waals surface area contributed by atoms with E-state index >= 15 is 0 Å². The normalized spacial score (nSPS) is 19.7. The first kappa shape index (κ1) is 8.12. The molecule has 2 heteroatoms. The van der Waals surface area contributed by atoms with E-state index in [0.29, 0.717) is 12.5 Å². The standard InChI is InChI=1S/C11H12N2/c1-13-10(6-7-12)8-9-4-2-3-5-11(9)13/h2-5,10H,6,8H2,1H3. The van der Waals surface area contributed by atoms with E-state index in [2.05, 4.69) is 36.2 Å². The van der Waals surface area contributed by atoms with Crippen LogP contribution in [-0.2, 0) is 6.42 Å². The van der Waals surface area contributed by atoms with E-state index < -0.39 is 0 Å². The summed E-state index contributed by atoms with van der Waals surface area (Å²) in [6.45, 7) is 0. The van der Waals surface area contributed by atoms with Crippen molar-refractivity contribution in [3.05, 3.63) is 29.8 Å². The van der Waals surface area contributed by atoms with Crippen LogP contribution >= 0.6 is 0 Å². The van der Waals surface area contributed by atoms with Crippen LogP contribution in [-0.4, -0.2) is 13.1 Å². The summed E-state index contributed by atoms with van der Waals surface area (Å²) in [6.07, 6.45) is 1.63. The van der Waals surface area contributed by atoms with Crippen molar-refractivity contribution < 1.29 is 0 Å². The van der Waals surface area contributed by atoms with Gasteiger partial charge in [-0.1, -0.05) is 18.2 Å². The number of fused-ring (bicyclic) bond motifs is 1. The zero-order valence-corrected chi connectivity index (χ0v) is 7.70. The molecule has 1 atom stereocenters. The second kappa shape index (κ2) is 3.10. The average molecular weight is 172 g/mol. The Hall–Kier alpha value is -1.49. The lowest BCUT2D eigenvalue weighted by molar-refractivity contribution is 0.681. The highest BCUT2D eigenvalue weighted by molar-refractivity contribution is 5.58. The number of hydrogen-bond acceptors (Lipinski definition) is 2. The van der Waals surface area contributed by atoms with Gasteiger partial charge in [0.25, 0.3) is 0 Å². The lowest BCUT2D eigenvalue weighted by Gasteiger charge is -2.19. The number of nitrogens with zero attached hydrogens (tertiary/aromatic N) is 2. The van der Waals surface area contributed by atoms with E-state index in [1.54, 1.807) is 0 Å². The molecule has 2 nitrogen and oxygen atoms in total. The maximum atomic E-state index is 8.65. The summed E-state index contributed by atoms with van der Waals surface area (Å²) < 4.78 is 0. The molecule has 0 aromatic heterocycles. The fourth-order valence-electron chi connectivity index (χ4n) is 1.93. The Morgan fingerprint density at radius 1 is 1.54 bits per heavy atom. The molecule has 0 aliphatic carbocycles. The SMILES string of the molecule is CN1c2ccccc2CC1CC#N. The van der Waals surface area contributed by atoms with Crippen molar-refractivity contribution in [3.63, 3.8) is 0 Å². The number of benzene rings is 1. The van der Waals surface area contributed by atoms with E-state index in [0.717, 1.165) is 6.42 Å². The second-order valence-corrected chi connectivity index (χ2v) is 3.46. The number of hydrogen-bond donors (Lipinski definition) is 0. The topological polar surface area (TPSA) is 27.0 Å². The molecule has 1 unspecified atom stereocenters. The van der Waals surface area contributed by atoms with Gasteiger partial charge in [0.15, 0.2) is 0 Å². The lowest BCUT2D eigenvalue weighted by Crippen LogP contribution is -2.26. The van der Waals surface area contributed by atoms with Crippen LogP contribution in [0.1, 0.15) is 12.0 Å². The minimum Gasteiger partial charge on any atom is -0.370 e. The fraction of sp³-hybridized carbons (Fsp3) is 0.364. The van der Waals surface area contributed by atoms with Crippen LogP contribution in [0.5, 0.6) is 0 Å². The zero-order valence-electron chi connectivity index (χ0n) is 7.70. The molecule has 1 heterocycles. The minimum atomic E-state index is 0.377. The Morgan fingerprint density at radius 3 is 3.00 bits per heavy atom. The molecule has 0 fully saturated rings. The number of likely N-dealkylation sites (N-methyl/N-ethyl adjacent to an activating group) is 1. The molecule has 0 N–H and O–H groups in total. The van der Waals surface area contributed by atoms with Gasteiger partial charge in [-0.25, -0.2) is 0 Å². The van der Waals surface area contributed by atoms with Gasteiger partial charge < -0.3 is 4.90 Å². The Morgan fingerprint density at radius 2 is 2.31 bits per heavy atom. The molecule has 0 saturated carbocycles. The summed E-state index contributed by atoms with van der Waals surface area (Å²) in [5.41, 5.74) is 2.65. The molecule has 0 radical (unpaired) electrons. The van der Waals surface area contributed by atoms with Crippen LogP contribution in [0.3, 0.4) is 0 Å². The number of nitriles is 1. The van der Waals surface area contributed by atoms with E-state index in [1.165, 1.54) is 11.3 Å². The first-order chi connectivity index (χ1) is 6.33. The molecular formula is C11H12N2. The van der Waals surface area contributed by atoms with Gasteiger partial charge in [-0.05, 0) is 18.1 Å². The van der Waals surface area contributed by atoms with Gasteiger partial charge >= 0.3 is 0 Å². The molecule has 0 amide bonds. The summed E-state index contributed by atoms with van der Waals surface area (Å²) in [5, 5.41) is 8.65. The third-order valence-corrected chi connectivity index (χ3v) is 2.70. The van der Waals surface area contributed by atoms with Crippen LogP contribution in [0.15, 0.2) is 24.3 Å². The predicted molar refractivity (Wildman–Crippen MR) is 52.6 cm³/mol. The molecule has 0 saturated heterocycles. The smallest absolute Gasteiger partial charge is 0.0643 e. The molecule has 1 aromatic carbocycles. The molecule has 66 valence electrons. The minimum absolute atomic E-state index is 0.377. The van der Waals surface area contributed by atoms with Gasteiger partial charge in [-0.15, -0.1) is 0 Å². The quantitative estimate of drug-likeness (QED) is 0.647. The van der Waals surface area contributed by atoms with Crippen molar-refractivity contribution in [1.82, 2.24) is 0 Å². The third-order valence-electron chi connectivity index (χ3n) is 2.70. The molecule has 13 heavy (non-hydrogen) atoms. The number of anilines is 1. The molecule has 1 aromatic rings. The van der Waals surface area contributed by atoms with Gasteiger partial charge in [-0.3, -0.25) is 0 Å². The highest BCUT2D eigenvalue weighted by Crippen LogP contribution is 2.31. The van der Waals surface area contributed by atoms with Crippen molar-refractivity contribution in [2.45, 2.75) is 18.9 Å². The van der Waals surface area contributed by atoms with Crippen LogP contribution in [0.2, 0.25) is 0 Å². The van der Waals surface area contributed by atoms with Crippen molar-refractivity contribution in [1.29, 1.82) is 5.26 Å². The summed E-state index contributed by atoms with van der Waals surface area (Å²) in [6, 6.07) is 11.0. The summed E-state index contributed by atoms with van der Waals surface area (Å²) in [4.78, 5) is 2.21. The lowest BCUT2D eigenvalue weighted by atomic mass is 10.1. The Balaban J connectivity index is 2.28. The molecule has 0 bridgehead atoms. The monoisotopic (exact) mass is 172 g/mol. The molecule has 1 aliphatic heterocycles. The molecule has 0 spiro atoms. The largest absolute Gasteiger partial charge is 0.370 e. The molecular weight excluding hydrogens is 160 g/mol. The average Bonchev–Trinajstić information content (AvgIpc) is 2.46. The zero-order chi connectivity index (χ0) is 9.26. The molecule has 1 aliphatic rings. The fourth-order valence-corrected chi connectivity index (χ4v) is 1.93. The van der Waals surface area contributed by atoms with Gasteiger partial charge in [0.05, 0.1) is 12.5 Å². The van der Waals surface area contributed by atoms with Crippen LogP contribution in [0.4, 0.5) is 5.69 Å². The summed E-state index contributed by atoms with van der Waals surface area (Å²) in [5.74, 6) is 0. The van der Waals surface area contributed by atoms with Gasteiger partial charge in [0, 0.05) is 18.8 Å². The van der Waals surface area contributed by atoms with Crippen LogP contribution in [0, 0.1) is 11.3 Å². The second-order valence-electron chi connectivity index (χ2n) is 3.46. The van der Waals surface area contributed by atoms with Gasteiger partial charge in [0.1, 0.15) is 0 Å². The van der Waals surface area contributed by atoms with Crippen LogP contribution < -0.4 is 4.90 Å².